The van der Waals surface area contributed by atoms with Gasteiger partial charge in [-0.25, -0.2) is 9.97 Å². The lowest BCUT2D eigenvalue weighted by molar-refractivity contribution is -0.137. The zero-order valence-electron chi connectivity index (χ0n) is 14.4. The molecule has 0 fully saturated rings. The molecule has 28 heavy (non-hydrogen) atoms. The van der Waals surface area contributed by atoms with Crippen LogP contribution in [0.15, 0.2) is 36.0 Å². The second-order valence-electron chi connectivity index (χ2n) is 5.66. The normalized spacial score (nSPS) is 12.6. The molecule has 1 unspecified atom stereocenters. The number of pyridine rings is 2. The van der Waals surface area contributed by atoms with Crippen LogP contribution in [0.4, 0.5) is 24.1 Å². The number of aliphatic hydroxyl groups excluding tert-OH is 2. The second-order valence-corrected chi connectivity index (χ2v) is 6.52. The maximum atomic E-state index is 13.1. The van der Waals surface area contributed by atoms with Crippen LogP contribution in [-0.2, 0) is 6.18 Å². The summed E-state index contributed by atoms with van der Waals surface area (Å²) in [7, 11) is 0. The number of aryl methyl sites for hydroxylation is 1. The third-order valence-electron chi connectivity index (χ3n) is 3.62. The number of ether oxygens (including phenoxy) is 1. The molecule has 0 saturated carbocycles. The number of hydrogen-bond acceptors (Lipinski definition) is 8. The van der Waals surface area contributed by atoms with E-state index >= 15 is 0 Å². The molecule has 3 rings (SSSR count). The molecule has 0 aromatic carbocycles. The maximum absolute atomic E-state index is 13.1. The fraction of sp³-hybridized carbons (Fsp3) is 0.235. The molecule has 0 spiro atoms. The molecule has 0 aliphatic heterocycles. The van der Waals surface area contributed by atoms with Crippen molar-refractivity contribution in [1.29, 1.82) is 0 Å². The molecule has 3 aromatic rings. The molecule has 0 aliphatic carbocycles. The van der Waals surface area contributed by atoms with Gasteiger partial charge in [0.2, 0.25) is 0 Å². The molecule has 148 valence electrons. The largest absolute Gasteiger partial charge is 0.452 e. The fourth-order valence-corrected chi connectivity index (χ4v) is 2.91. The number of anilines is 2. The van der Waals surface area contributed by atoms with Gasteiger partial charge in [0.05, 0.1) is 23.6 Å². The minimum Gasteiger partial charge on any atom is -0.452 e. The smallest absolute Gasteiger partial charge is 0.418 e. The number of aromatic nitrogens is 3. The van der Waals surface area contributed by atoms with Crippen LogP contribution < -0.4 is 10.1 Å². The molecule has 0 amide bonds. The molecule has 11 heteroatoms. The molecular formula is C17H15F3N4O3S. The summed E-state index contributed by atoms with van der Waals surface area (Å²) >= 11 is 1.09. The van der Waals surface area contributed by atoms with E-state index in [2.05, 4.69) is 20.3 Å². The predicted octanol–water partition coefficient (Wildman–Crippen LogP) is 3.82. The minimum atomic E-state index is -4.59. The van der Waals surface area contributed by atoms with Crippen molar-refractivity contribution < 1.29 is 28.1 Å². The van der Waals surface area contributed by atoms with E-state index in [1.807, 2.05) is 0 Å². The standard InChI is InChI=1S/C17H15F3N4O3S/c1-9-13(3-2-4-21-9)27-14-5-10(17(18,19)20)6-22-15(14)24-16-23-11(8-28-16)12(26)7-25/h2-6,8,12,25-26H,7H2,1H3,(H,22,23,24). The van der Waals surface area contributed by atoms with Gasteiger partial charge >= 0.3 is 6.18 Å². The second kappa shape index (κ2) is 8.09. The van der Waals surface area contributed by atoms with E-state index in [1.54, 1.807) is 19.1 Å². The predicted molar refractivity (Wildman–Crippen MR) is 95.7 cm³/mol. The van der Waals surface area contributed by atoms with Gasteiger partial charge < -0.3 is 20.3 Å². The molecule has 3 N–H and O–H groups in total. The first-order valence-corrected chi connectivity index (χ1v) is 8.84. The first-order valence-electron chi connectivity index (χ1n) is 7.96. The van der Waals surface area contributed by atoms with Crippen LogP contribution in [-0.4, -0.2) is 31.8 Å². The Morgan fingerprint density at radius 1 is 1.29 bits per heavy atom. The molecule has 0 bridgehead atoms. The Bertz CT molecular complexity index is 965. The summed E-state index contributed by atoms with van der Waals surface area (Å²) in [6.45, 7) is 1.16. The summed E-state index contributed by atoms with van der Waals surface area (Å²) in [6.07, 6.45) is -3.52. The topological polar surface area (TPSA) is 100 Å². The number of nitrogens with one attached hydrogen (secondary N) is 1. The Morgan fingerprint density at radius 2 is 2.07 bits per heavy atom. The van der Waals surface area contributed by atoms with Crippen molar-refractivity contribution in [2.75, 3.05) is 11.9 Å². The summed E-state index contributed by atoms with van der Waals surface area (Å²) in [6, 6.07) is 4.00. The van der Waals surface area contributed by atoms with E-state index in [4.69, 9.17) is 9.84 Å². The lowest BCUT2D eigenvalue weighted by Crippen LogP contribution is -2.08. The highest BCUT2D eigenvalue weighted by atomic mass is 32.1. The van der Waals surface area contributed by atoms with Gasteiger partial charge in [0, 0.05) is 17.8 Å². The summed E-state index contributed by atoms with van der Waals surface area (Å²) < 4.78 is 44.9. The van der Waals surface area contributed by atoms with E-state index < -0.39 is 24.5 Å². The molecule has 0 saturated heterocycles. The monoisotopic (exact) mass is 412 g/mol. The van der Waals surface area contributed by atoms with Gasteiger partial charge in [-0.15, -0.1) is 11.3 Å². The molecule has 7 nitrogen and oxygen atoms in total. The minimum absolute atomic E-state index is 0.00985. The number of thiazole rings is 1. The Labute approximate surface area is 161 Å². The van der Waals surface area contributed by atoms with Crippen LogP contribution in [0.25, 0.3) is 0 Å². The molecule has 0 aliphatic rings. The zero-order chi connectivity index (χ0) is 20.3. The quantitative estimate of drug-likeness (QED) is 0.566. The van der Waals surface area contributed by atoms with Crippen molar-refractivity contribution in [3.05, 3.63) is 52.9 Å². The Hall–Kier alpha value is -2.76. The van der Waals surface area contributed by atoms with Crippen LogP contribution in [0.1, 0.15) is 23.1 Å². The third-order valence-corrected chi connectivity index (χ3v) is 4.40. The van der Waals surface area contributed by atoms with Gasteiger partial charge in [-0.3, -0.25) is 4.98 Å². The number of rotatable bonds is 6. The number of hydrogen-bond donors (Lipinski definition) is 3. The summed E-state index contributed by atoms with van der Waals surface area (Å²) in [5.41, 5.74) is -0.244. The summed E-state index contributed by atoms with van der Waals surface area (Å²) in [5.74, 6) is 0.128. The zero-order valence-corrected chi connectivity index (χ0v) is 15.3. The van der Waals surface area contributed by atoms with Crippen LogP contribution in [0.3, 0.4) is 0 Å². The van der Waals surface area contributed by atoms with E-state index in [0.717, 1.165) is 17.4 Å². The lowest BCUT2D eigenvalue weighted by atomic mass is 10.2. The van der Waals surface area contributed by atoms with Gasteiger partial charge in [-0.1, -0.05) is 0 Å². The molecule has 3 aromatic heterocycles. The average Bonchev–Trinajstić information content (AvgIpc) is 3.12. The van der Waals surface area contributed by atoms with Crippen molar-refractivity contribution in [2.24, 2.45) is 0 Å². The van der Waals surface area contributed by atoms with E-state index in [-0.39, 0.29) is 28.1 Å². The van der Waals surface area contributed by atoms with Gasteiger partial charge in [-0.2, -0.15) is 13.2 Å². The number of halogens is 3. The fourth-order valence-electron chi connectivity index (χ4n) is 2.16. The molecule has 0 radical (unpaired) electrons. The molecule has 1 atom stereocenters. The molecule has 3 heterocycles. The SMILES string of the molecule is Cc1ncccc1Oc1cc(C(F)(F)F)cnc1Nc1nc(C(O)CO)cs1. The highest BCUT2D eigenvalue weighted by molar-refractivity contribution is 7.13. The van der Waals surface area contributed by atoms with Crippen LogP contribution in [0.5, 0.6) is 11.5 Å². The Kier molecular flexibility index (Phi) is 5.77. The van der Waals surface area contributed by atoms with E-state index in [0.29, 0.717) is 11.9 Å². The van der Waals surface area contributed by atoms with Crippen LogP contribution in [0.2, 0.25) is 0 Å². The van der Waals surface area contributed by atoms with Gasteiger partial charge in [0.15, 0.2) is 16.7 Å². The van der Waals surface area contributed by atoms with Crippen molar-refractivity contribution in [2.45, 2.75) is 19.2 Å². The van der Waals surface area contributed by atoms with E-state index in [9.17, 15) is 18.3 Å². The Morgan fingerprint density at radius 3 is 2.75 bits per heavy atom. The van der Waals surface area contributed by atoms with Crippen LogP contribution in [0, 0.1) is 6.92 Å². The van der Waals surface area contributed by atoms with Crippen molar-refractivity contribution >= 4 is 22.3 Å². The van der Waals surface area contributed by atoms with Crippen molar-refractivity contribution in [3.63, 3.8) is 0 Å². The van der Waals surface area contributed by atoms with Gasteiger partial charge in [0.25, 0.3) is 0 Å². The van der Waals surface area contributed by atoms with Gasteiger partial charge in [-0.05, 0) is 25.1 Å². The van der Waals surface area contributed by atoms with Crippen LogP contribution >= 0.6 is 11.3 Å². The number of aliphatic hydroxyl groups is 2. The lowest BCUT2D eigenvalue weighted by Gasteiger charge is -2.14. The van der Waals surface area contributed by atoms with Crippen molar-refractivity contribution in [1.82, 2.24) is 15.0 Å². The maximum Gasteiger partial charge on any atom is 0.418 e. The first kappa shape index (κ1) is 20.0. The number of alkyl halides is 3. The highest BCUT2D eigenvalue weighted by Gasteiger charge is 2.32. The van der Waals surface area contributed by atoms with Crippen molar-refractivity contribution in [3.8, 4) is 11.5 Å². The van der Waals surface area contributed by atoms with E-state index in [1.165, 1.54) is 11.6 Å². The summed E-state index contributed by atoms with van der Waals surface area (Å²) in [5, 5.41) is 23.1. The van der Waals surface area contributed by atoms with Gasteiger partial charge in [0.1, 0.15) is 11.9 Å². The highest BCUT2D eigenvalue weighted by Crippen LogP contribution is 2.37. The first-order chi connectivity index (χ1) is 13.3. The Balaban J connectivity index is 1.95. The summed E-state index contributed by atoms with van der Waals surface area (Å²) in [4.78, 5) is 11.9. The average molecular weight is 412 g/mol. The number of nitrogens with zero attached hydrogens (tertiary/aromatic N) is 3. The third kappa shape index (κ3) is 4.55. The molecular weight excluding hydrogens is 397 g/mol.